The van der Waals surface area contributed by atoms with Crippen LogP contribution in [0.15, 0.2) is 60.8 Å². The number of thiocarbonyl (C=S) groups is 1. The van der Waals surface area contributed by atoms with Crippen molar-refractivity contribution in [3.63, 3.8) is 0 Å². The van der Waals surface area contributed by atoms with Crippen LogP contribution in [0.3, 0.4) is 0 Å². The van der Waals surface area contributed by atoms with Gasteiger partial charge in [-0.1, -0.05) is 30.7 Å². The zero-order chi connectivity index (χ0) is 29.4. The summed E-state index contributed by atoms with van der Waals surface area (Å²) in [6.45, 7) is 12.6. The molecule has 3 heterocycles. The smallest absolute Gasteiger partial charge is 0.224 e. The van der Waals surface area contributed by atoms with E-state index < -0.39 is 0 Å². The molecule has 0 aliphatic carbocycles. The second kappa shape index (κ2) is 11.4. The maximum atomic E-state index is 12.1. The molecule has 212 valence electrons. The lowest BCUT2D eigenvalue weighted by Gasteiger charge is -2.29. The van der Waals surface area contributed by atoms with Gasteiger partial charge in [0.25, 0.3) is 0 Å². The van der Waals surface area contributed by atoms with Gasteiger partial charge in [-0.05, 0) is 93.9 Å². The standard InChI is InChI=1S/C33H37N5O2S/c1-8-29(39)35-26-13-12-24(18-28(26)40-7)38-32(30(36-33(38)41)27-11-9-10-14-34-27)25-17-22(5)37(23(25)6)31-20(3)15-19(2)16-21(31)4/h9-18,30,32H,8H2,1-7H3,(H,35,39)(H,36,41)/t30-,32+/m0/s1. The van der Waals surface area contributed by atoms with E-state index in [9.17, 15) is 4.79 Å². The Kier molecular flexibility index (Phi) is 7.87. The van der Waals surface area contributed by atoms with Crippen molar-refractivity contribution in [2.75, 3.05) is 17.3 Å². The third kappa shape index (κ3) is 5.20. The fourth-order valence-corrected chi connectivity index (χ4v) is 6.42. The van der Waals surface area contributed by atoms with Crippen molar-refractivity contribution in [1.29, 1.82) is 0 Å². The van der Waals surface area contributed by atoms with Crippen molar-refractivity contribution in [3.8, 4) is 11.4 Å². The number of ether oxygens (including phenoxy) is 1. The highest BCUT2D eigenvalue weighted by Crippen LogP contribution is 2.45. The summed E-state index contributed by atoms with van der Waals surface area (Å²) in [4.78, 5) is 19.0. The van der Waals surface area contributed by atoms with Crippen molar-refractivity contribution in [3.05, 3.63) is 100 Å². The molecule has 2 aromatic carbocycles. The highest BCUT2D eigenvalue weighted by Gasteiger charge is 2.42. The first-order valence-electron chi connectivity index (χ1n) is 13.9. The van der Waals surface area contributed by atoms with E-state index in [0.717, 1.165) is 28.3 Å². The van der Waals surface area contributed by atoms with Gasteiger partial charge < -0.3 is 24.8 Å². The first-order valence-corrected chi connectivity index (χ1v) is 14.3. The van der Waals surface area contributed by atoms with E-state index in [1.807, 2.05) is 49.5 Å². The fraction of sp³-hybridized carbons (Fsp3) is 0.303. The Morgan fingerprint density at radius 1 is 1.05 bits per heavy atom. The number of carbonyl (C=O) groups excluding carboxylic acids is 1. The number of aryl methyl sites for hydroxylation is 4. The maximum Gasteiger partial charge on any atom is 0.224 e. The van der Waals surface area contributed by atoms with Crippen LogP contribution in [0.5, 0.6) is 5.75 Å². The van der Waals surface area contributed by atoms with Gasteiger partial charge in [0.05, 0.1) is 36.3 Å². The third-order valence-electron chi connectivity index (χ3n) is 7.80. The zero-order valence-corrected chi connectivity index (χ0v) is 25.5. The van der Waals surface area contributed by atoms with E-state index in [1.165, 1.54) is 22.4 Å². The maximum absolute atomic E-state index is 12.1. The van der Waals surface area contributed by atoms with Gasteiger partial charge in [0.2, 0.25) is 5.91 Å². The summed E-state index contributed by atoms with van der Waals surface area (Å²) in [6.07, 6.45) is 2.20. The summed E-state index contributed by atoms with van der Waals surface area (Å²) < 4.78 is 8.06. The molecular weight excluding hydrogens is 530 g/mol. The van der Waals surface area contributed by atoms with Gasteiger partial charge in [-0.2, -0.15) is 0 Å². The molecule has 41 heavy (non-hydrogen) atoms. The summed E-state index contributed by atoms with van der Waals surface area (Å²) in [6, 6.07) is 18.1. The number of methoxy groups -OCH3 is 1. The molecule has 0 spiro atoms. The number of hydrogen-bond donors (Lipinski definition) is 2. The van der Waals surface area contributed by atoms with Crippen LogP contribution in [0.1, 0.15) is 64.8 Å². The Morgan fingerprint density at radius 3 is 2.41 bits per heavy atom. The number of pyridine rings is 1. The lowest BCUT2D eigenvalue weighted by Crippen LogP contribution is -2.29. The van der Waals surface area contributed by atoms with Crippen molar-refractivity contribution < 1.29 is 9.53 Å². The number of carbonyl (C=O) groups is 1. The molecule has 1 fully saturated rings. The molecule has 1 amide bonds. The van der Waals surface area contributed by atoms with Gasteiger partial charge in [-0.25, -0.2) is 0 Å². The van der Waals surface area contributed by atoms with Crippen LogP contribution >= 0.6 is 12.2 Å². The number of anilines is 2. The number of nitrogens with one attached hydrogen (secondary N) is 2. The molecule has 2 N–H and O–H groups in total. The topological polar surface area (TPSA) is 71.4 Å². The molecule has 4 aromatic rings. The second-order valence-electron chi connectivity index (χ2n) is 10.7. The van der Waals surface area contributed by atoms with Crippen LogP contribution < -0.4 is 20.3 Å². The molecule has 7 nitrogen and oxygen atoms in total. The molecule has 2 atom stereocenters. The zero-order valence-electron chi connectivity index (χ0n) is 24.7. The summed E-state index contributed by atoms with van der Waals surface area (Å²) in [7, 11) is 1.61. The van der Waals surface area contributed by atoms with Gasteiger partial charge >= 0.3 is 0 Å². The van der Waals surface area contributed by atoms with E-state index in [-0.39, 0.29) is 18.0 Å². The average molecular weight is 568 g/mol. The molecule has 5 rings (SSSR count). The summed E-state index contributed by atoms with van der Waals surface area (Å²) in [5, 5.41) is 7.09. The lowest BCUT2D eigenvalue weighted by atomic mass is 9.96. The van der Waals surface area contributed by atoms with E-state index in [1.54, 1.807) is 7.11 Å². The van der Waals surface area contributed by atoms with Crippen molar-refractivity contribution in [1.82, 2.24) is 14.9 Å². The lowest BCUT2D eigenvalue weighted by molar-refractivity contribution is -0.115. The van der Waals surface area contributed by atoms with E-state index in [4.69, 9.17) is 21.9 Å². The van der Waals surface area contributed by atoms with Gasteiger partial charge in [-0.3, -0.25) is 9.78 Å². The number of aromatic nitrogens is 2. The Hall–Kier alpha value is -4.17. The minimum Gasteiger partial charge on any atom is -0.494 e. The molecule has 0 saturated carbocycles. The van der Waals surface area contributed by atoms with Crippen LogP contribution in [0, 0.1) is 34.6 Å². The van der Waals surface area contributed by atoms with Crippen LogP contribution in [0.25, 0.3) is 5.69 Å². The SMILES string of the molecule is CCC(=O)Nc1ccc(N2C(=S)N[C@@H](c3ccccn3)[C@H]2c2cc(C)n(-c3c(C)cc(C)cc3C)c2C)cc1OC. The van der Waals surface area contributed by atoms with Gasteiger partial charge in [0, 0.05) is 35.8 Å². The molecule has 0 radical (unpaired) electrons. The molecule has 2 aromatic heterocycles. The summed E-state index contributed by atoms with van der Waals surface area (Å²) in [5.41, 5.74) is 10.8. The quantitative estimate of drug-likeness (QED) is 0.236. The number of nitrogens with zero attached hydrogens (tertiary/aromatic N) is 3. The molecule has 8 heteroatoms. The predicted octanol–water partition coefficient (Wildman–Crippen LogP) is 6.95. The van der Waals surface area contributed by atoms with E-state index >= 15 is 0 Å². The van der Waals surface area contributed by atoms with Crippen LogP contribution in [0.4, 0.5) is 11.4 Å². The molecule has 1 saturated heterocycles. The van der Waals surface area contributed by atoms with Crippen LogP contribution in [-0.4, -0.2) is 27.7 Å². The number of rotatable bonds is 7. The minimum atomic E-state index is -0.177. The number of amides is 1. The normalized spacial score (nSPS) is 16.6. The predicted molar refractivity (Wildman–Crippen MR) is 169 cm³/mol. The number of hydrogen-bond acceptors (Lipinski definition) is 4. The summed E-state index contributed by atoms with van der Waals surface area (Å²) in [5.74, 6) is 0.500. The van der Waals surface area contributed by atoms with Crippen LogP contribution in [-0.2, 0) is 4.79 Å². The van der Waals surface area contributed by atoms with E-state index in [2.05, 4.69) is 72.9 Å². The minimum absolute atomic E-state index is 0.0726. The monoisotopic (exact) mass is 567 g/mol. The average Bonchev–Trinajstić information content (AvgIpc) is 3.44. The summed E-state index contributed by atoms with van der Waals surface area (Å²) >= 11 is 5.98. The van der Waals surface area contributed by atoms with Gasteiger partial charge in [-0.15, -0.1) is 0 Å². The molecule has 1 aliphatic rings. The highest BCUT2D eigenvalue weighted by atomic mass is 32.1. The van der Waals surface area contributed by atoms with Crippen molar-refractivity contribution in [2.45, 2.75) is 60.0 Å². The first-order chi connectivity index (χ1) is 19.6. The first kappa shape index (κ1) is 28.4. The molecule has 0 bridgehead atoms. The van der Waals surface area contributed by atoms with Crippen molar-refractivity contribution in [2.24, 2.45) is 0 Å². The Morgan fingerprint density at radius 2 is 1.78 bits per heavy atom. The fourth-order valence-electron chi connectivity index (χ4n) is 6.08. The second-order valence-corrected chi connectivity index (χ2v) is 11.1. The largest absolute Gasteiger partial charge is 0.494 e. The molecular formula is C33H37N5O2S. The molecule has 1 aliphatic heterocycles. The Labute approximate surface area is 247 Å². The van der Waals surface area contributed by atoms with Crippen molar-refractivity contribution >= 4 is 34.6 Å². The van der Waals surface area contributed by atoms with Crippen LogP contribution in [0.2, 0.25) is 0 Å². The Balaban J connectivity index is 1.68. The number of benzene rings is 2. The Bertz CT molecular complexity index is 1610. The highest BCUT2D eigenvalue weighted by molar-refractivity contribution is 7.80. The third-order valence-corrected chi connectivity index (χ3v) is 8.12. The van der Waals surface area contributed by atoms with Gasteiger partial charge in [0.1, 0.15) is 5.75 Å². The van der Waals surface area contributed by atoms with E-state index in [0.29, 0.717) is 23.0 Å². The molecule has 0 unspecified atom stereocenters. The van der Waals surface area contributed by atoms with Gasteiger partial charge in [0.15, 0.2) is 5.11 Å².